The highest BCUT2D eigenvalue weighted by Gasteiger charge is 2.32. The molecule has 0 bridgehead atoms. The van der Waals surface area contributed by atoms with E-state index in [0.29, 0.717) is 11.7 Å². The predicted octanol–water partition coefficient (Wildman–Crippen LogP) is -0.305. The van der Waals surface area contributed by atoms with Crippen LogP contribution in [-0.4, -0.2) is 69.9 Å². The van der Waals surface area contributed by atoms with Gasteiger partial charge in [0.1, 0.15) is 0 Å². The molecule has 3 heterocycles. The highest BCUT2D eigenvalue weighted by atomic mass is 32.1. The molecule has 1 aromatic heterocycles. The number of hydrogen-bond donors (Lipinski definition) is 0. The Hall–Kier alpha value is -1.05. The normalized spacial score (nSPS) is 25.6. The monoisotopic (exact) mass is 254 g/mol. The van der Waals surface area contributed by atoms with E-state index in [0.717, 1.165) is 51.1 Å². The van der Waals surface area contributed by atoms with Crippen molar-refractivity contribution < 1.29 is 9.53 Å². The summed E-state index contributed by atoms with van der Waals surface area (Å²) in [7, 11) is 0. The first-order chi connectivity index (χ1) is 8.34. The molecule has 0 saturated carbocycles. The average molecular weight is 254 g/mol. The van der Waals surface area contributed by atoms with Gasteiger partial charge in [-0.1, -0.05) is 0 Å². The van der Waals surface area contributed by atoms with E-state index in [1.165, 1.54) is 6.20 Å². The summed E-state index contributed by atoms with van der Waals surface area (Å²) in [4.78, 5) is 16.4. The first-order valence-corrected chi connectivity index (χ1v) is 6.46. The molecule has 17 heavy (non-hydrogen) atoms. The molecule has 0 N–H and O–H groups in total. The van der Waals surface area contributed by atoms with Gasteiger partial charge in [-0.3, -0.25) is 9.69 Å². The van der Waals surface area contributed by atoms with Crippen molar-refractivity contribution in [3.63, 3.8) is 0 Å². The molecule has 0 aliphatic carbocycles. The van der Waals surface area contributed by atoms with E-state index in [4.69, 9.17) is 4.74 Å². The number of carbonyl (C=O) groups is 1. The fourth-order valence-corrected chi connectivity index (χ4v) is 2.76. The van der Waals surface area contributed by atoms with Crippen molar-refractivity contribution in [2.75, 3.05) is 39.4 Å². The van der Waals surface area contributed by atoms with Crippen LogP contribution in [0.25, 0.3) is 0 Å². The van der Waals surface area contributed by atoms with Crippen molar-refractivity contribution in [1.82, 2.24) is 18.5 Å². The van der Waals surface area contributed by atoms with Gasteiger partial charge in [0.2, 0.25) is 0 Å². The highest BCUT2D eigenvalue weighted by molar-refractivity contribution is 6.99. The summed E-state index contributed by atoms with van der Waals surface area (Å²) in [5.41, 5.74) is 0.458. The minimum absolute atomic E-state index is 0.0102. The molecule has 92 valence electrons. The Morgan fingerprint density at radius 3 is 3.24 bits per heavy atom. The van der Waals surface area contributed by atoms with E-state index in [2.05, 4.69) is 13.6 Å². The molecule has 0 radical (unpaired) electrons. The molecular formula is C10H14N4O2S. The number of carbonyl (C=O) groups excluding carboxylic acids is 1. The minimum Gasteiger partial charge on any atom is -0.378 e. The minimum atomic E-state index is -0.0102. The van der Waals surface area contributed by atoms with Crippen molar-refractivity contribution in [3.8, 4) is 0 Å². The third-order valence-electron chi connectivity index (χ3n) is 3.31. The highest BCUT2D eigenvalue weighted by Crippen LogP contribution is 2.15. The molecule has 1 atom stereocenters. The summed E-state index contributed by atoms with van der Waals surface area (Å²) in [5, 5.41) is 0. The topological polar surface area (TPSA) is 58.6 Å². The summed E-state index contributed by atoms with van der Waals surface area (Å²) in [6.45, 7) is 4.94. The number of nitrogens with zero attached hydrogens (tertiary/aromatic N) is 4. The quantitative estimate of drug-likeness (QED) is 0.688. The lowest BCUT2D eigenvalue weighted by molar-refractivity contribution is -0.0395. The first kappa shape index (κ1) is 11.1. The lowest BCUT2D eigenvalue weighted by atomic mass is 10.1. The van der Waals surface area contributed by atoms with Gasteiger partial charge < -0.3 is 9.64 Å². The van der Waals surface area contributed by atoms with Crippen LogP contribution in [0.3, 0.4) is 0 Å². The van der Waals surface area contributed by atoms with Crippen LogP contribution < -0.4 is 0 Å². The molecule has 0 unspecified atom stereocenters. The van der Waals surface area contributed by atoms with Crippen LogP contribution in [0.15, 0.2) is 6.20 Å². The molecule has 7 heteroatoms. The number of piperazine rings is 1. The Kier molecular flexibility index (Phi) is 3.04. The van der Waals surface area contributed by atoms with E-state index in [-0.39, 0.29) is 5.91 Å². The van der Waals surface area contributed by atoms with Gasteiger partial charge >= 0.3 is 0 Å². The second kappa shape index (κ2) is 4.67. The smallest absolute Gasteiger partial charge is 0.275 e. The molecule has 0 spiro atoms. The van der Waals surface area contributed by atoms with Gasteiger partial charge in [0.25, 0.3) is 5.91 Å². The average Bonchev–Trinajstić information content (AvgIpc) is 2.91. The standard InChI is InChI=1S/C10H14N4O2S/c15-10(9-5-11-17-12-9)14-2-1-13-3-4-16-7-8(13)6-14/h5,8H,1-4,6-7H2/t8-/m1/s1. The van der Waals surface area contributed by atoms with Gasteiger partial charge in [0.05, 0.1) is 37.2 Å². The van der Waals surface area contributed by atoms with Crippen LogP contribution in [0.2, 0.25) is 0 Å². The summed E-state index contributed by atoms with van der Waals surface area (Å²) in [6, 6.07) is 0.341. The number of hydrogen-bond acceptors (Lipinski definition) is 6. The van der Waals surface area contributed by atoms with E-state index >= 15 is 0 Å². The summed E-state index contributed by atoms with van der Waals surface area (Å²) >= 11 is 1.07. The Balaban J connectivity index is 1.67. The maximum Gasteiger partial charge on any atom is 0.275 e. The zero-order valence-corrected chi connectivity index (χ0v) is 10.2. The number of ether oxygens (including phenoxy) is 1. The van der Waals surface area contributed by atoms with Gasteiger partial charge in [-0.15, -0.1) is 0 Å². The number of morpholine rings is 1. The van der Waals surface area contributed by atoms with Crippen LogP contribution in [-0.2, 0) is 4.74 Å². The molecule has 2 fully saturated rings. The molecular weight excluding hydrogens is 240 g/mol. The Morgan fingerprint density at radius 2 is 2.41 bits per heavy atom. The van der Waals surface area contributed by atoms with Crippen molar-refractivity contribution in [1.29, 1.82) is 0 Å². The fraction of sp³-hybridized carbons (Fsp3) is 0.700. The van der Waals surface area contributed by atoms with Gasteiger partial charge in [0.15, 0.2) is 5.69 Å². The maximum atomic E-state index is 12.1. The Morgan fingerprint density at radius 1 is 1.47 bits per heavy atom. The lowest BCUT2D eigenvalue weighted by Crippen LogP contribution is -2.59. The molecule has 3 rings (SSSR count). The van der Waals surface area contributed by atoms with E-state index < -0.39 is 0 Å². The van der Waals surface area contributed by atoms with E-state index in [1.54, 1.807) is 0 Å². The van der Waals surface area contributed by atoms with Crippen molar-refractivity contribution >= 4 is 17.6 Å². The molecule has 2 saturated heterocycles. The van der Waals surface area contributed by atoms with Crippen LogP contribution in [0.1, 0.15) is 10.5 Å². The molecule has 1 amide bonds. The number of aromatic nitrogens is 2. The number of fused-ring (bicyclic) bond motifs is 1. The van der Waals surface area contributed by atoms with Gasteiger partial charge in [-0.25, -0.2) is 0 Å². The second-order valence-corrected chi connectivity index (χ2v) is 4.87. The SMILES string of the molecule is O=C(c1cnsn1)N1CCN2CCOC[C@H]2C1. The molecule has 1 aromatic rings. The van der Waals surface area contributed by atoms with Crippen LogP contribution in [0, 0.1) is 0 Å². The Labute approximate surface area is 103 Å². The number of amides is 1. The molecule has 6 nitrogen and oxygen atoms in total. The zero-order chi connectivity index (χ0) is 11.7. The van der Waals surface area contributed by atoms with Crippen molar-refractivity contribution in [2.24, 2.45) is 0 Å². The predicted molar refractivity (Wildman–Crippen MR) is 62.0 cm³/mol. The van der Waals surface area contributed by atoms with Gasteiger partial charge in [-0.05, 0) is 0 Å². The second-order valence-electron chi connectivity index (χ2n) is 4.31. The fourth-order valence-electron chi connectivity index (χ4n) is 2.35. The van der Waals surface area contributed by atoms with Crippen molar-refractivity contribution in [2.45, 2.75) is 6.04 Å². The third-order valence-corrected chi connectivity index (χ3v) is 3.78. The third kappa shape index (κ3) is 2.18. The molecule has 2 aliphatic rings. The van der Waals surface area contributed by atoms with Crippen LogP contribution in [0.5, 0.6) is 0 Å². The first-order valence-electron chi connectivity index (χ1n) is 5.73. The van der Waals surface area contributed by atoms with E-state index in [9.17, 15) is 4.79 Å². The summed E-state index contributed by atoms with van der Waals surface area (Å²) in [5.74, 6) is -0.0102. The summed E-state index contributed by atoms with van der Waals surface area (Å²) in [6.07, 6.45) is 1.54. The number of rotatable bonds is 1. The maximum absolute atomic E-state index is 12.1. The zero-order valence-electron chi connectivity index (χ0n) is 9.41. The van der Waals surface area contributed by atoms with Crippen LogP contribution >= 0.6 is 11.7 Å². The van der Waals surface area contributed by atoms with E-state index in [1.807, 2.05) is 4.90 Å². The Bertz CT molecular complexity index is 397. The van der Waals surface area contributed by atoms with Gasteiger partial charge in [-0.2, -0.15) is 8.75 Å². The molecule has 2 aliphatic heterocycles. The van der Waals surface area contributed by atoms with Gasteiger partial charge in [0, 0.05) is 26.2 Å². The van der Waals surface area contributed by atoms with Crippen LogP contribution in [0.4, 0.5) is 0 Å². The summed E-state index contributed by atoms with van der Waals surface area (Å²) < 4.78 is 13.3. The van der Waals surface area contributed by atoms with Crippen molar-refractivity contribution in [3.05, 3.63) is 11.9 Å². The largest absolute Gasteiger partial charge is 0.378 e. The molecule has 0 aromatic carbocycles. The lowest BCUT2D eigenvalue weighted by Gasteiger charge is -2.43.